The van der Waals surface area contributed by atoms with Crippen LogP contribution in [0.2, 0.25) is 5.02 Å². The second-order valence-corrected chi connectivity index (χ2v) is 18.2. The van der Waals surface area contributed by atoms with Crippen LogP contribution in [0.3, 0.4) is 0 Å². The molecule has 17 heteroatoms. The van der Waals surface area contributed by atoms with Crippen LogP contribution in [0.25, 0.3) is 45.2 Å². The molecule has 16 nitrogen and oxygen atoms in total. The number of methoxy groups -OCH3 is 1. The van der Waals surface area contributed by atoms with Crippen molar-refractivity contribution in [3.8, 4) is 51.6 Å². The van der Waals surface area contributed by atoms with Gasteiger partial charge in [0.25, 0.3) is 0 Å². The molecule has 1 aliphatic rings. The third kappa shape index (κ3) is 9.77. The predicted molar refractivity (Wildman–Crippen MR) is 285 cm³/mol. The van der Waals surface area contributed by atoms with Gasteiger partial charge in [0.15, 0.2) is 0 Å². The van der Waals surface area contributed by atoms with Gasteiger partial charge in [-0.3, -0.25) is 37.8 Å². The Kier molecular flexibility index (Phi) is 13.4. The lowest BCUT2D eigenvalue weighted by atomic mass is 10.1. The number of amides is 2. The standard InChI is InChI=1S/C57H49ClN8O8/c1-6-54(67)61-38-9-7-10-39(28-38)63-48-19-22-59-32-50(48)64(56(63)69)40-14-16-52(36(4)25-40)74-46-27-37(26-45(31-46)72-35(2)3)13-18-55(68)62-24-21-42(34-62)66-49-20-23-60-33-51(49)65(57(66)70)41-15-17-53(47(58)29-41)73-44-12-8-11-43(30-44)71-5/h6-20,22-23,25-33,35,42H,1,21,24,34H2,2-5H3,(H,61,67)/b18-13+/t42-/m1/s1. The molecule has 0 saturated carbocycles. The van der Waals surface area contributed by atoms with Crippen LogP contribution < -0.4 is 35.6 Å². The summed E-state index contributed by atoms with van der Waals surface area (Å²) in [5.74, 6) is 2.57. The Balaban J connectivity index is 0.869. The van der Waals surface area contributed by atoms with Gasteiger partial charge in [0.05, 0.1) is 75.8 Å². The molecule has 0 aliphatic carbocycles. The SMILES string of the molecule is C=CC(=O)Nc1cccc(-n2c(=O)n(-c3ccc(Oc4cc(/C=C/C(=O)N5CC[C@@H](n6c(=O)n(-c7ccc(Oc8cccc(OC)c8)c(Cl)c7)c7cnccc76)C5)cc(OC(C)C)c4)c(C)c3)c3cnccc32)c1. The summed E-state index contributed by atoms with van der Waals surface area (Å²) in [4.78, 5) is 65.0. The first-order chi connectivity index (χ1) is 35.8. The highest BCUT2D eigenvalue weighted by Gasteiger charge is 2.30. The number of ether oxygens (including phenoxy) is 4. The van der Waals surface area contributed by atoms with E-state index < -0.39 is 0 Å². The summed E-state index contributed by atoms with van der Waals surface area (Å²) < 4.78 is 30.4. The number of carbonyl (C=O) groups is 2. The number of fused-ring (bicyclic) bond motifs is 2. The molecule has 9 aromatic rings. The number of aryl methyl sites for hydroxylation is 1. The second kappa shape index (κ2) is 20.5. The number of nitrogens with one attached hydrogen (secondary N) is 1. The smallest absolute Gasteiger partial charge is 0.338 e. The Hall–Kier alpha value is -9.15. The highest BCUT2D eigenvalue weighted by Crippen LogP contribution is 2.35. The fraction of sp³-hybridized carbons (Fsp3) is 0.158. The zero-order valence-corrected chi connectivity index (χ0v) is 41.5. The number of rotatable bonds is 15. The van der Waals surface area contributed by atoms with E-state index in [1.807, 2.05) is 51.1 Å². The van der Waals surface area contributed by atoms with Gasteiger partial charge in [-0.25, -0.2) is 9.59 Å². The Morgan fingerprint density at radius 2 is 1.38 bits per heavy atom. The van der Waals surface area contributed by atoms with Crippen molar-refractivity contribution in [2.24, 2.45) is 0 Å². The van der Waals surface area contributed by atoms with E-state index in [1.54, 1.807) is 146 Å². The van der Waals surface area contributed by atoms with Crippen LogP contribution in [0.15, 0.2) is 168 Å². The number of aromatic nitrogens is 6. The first kappa shape index (κ1) is 48.5. The number of hydrogen-bond donors (Lipinski definition) is 1. The Morgan fingerprint density at radius 1 is 0.730 bits per heavy atom. The van der Waals surface area contributed by atoms with Crippen LogP contribution in [0.5, 0.6) is 34.5 Å². The van der Waals surface area contributed by atoms with Crippen molar-refractivity contribution in [2.75, 3.05) is 25.5 Å². The van der Waals surface area contributed by atoms with E-state index in [4.69, 9.17) is 30.5 Å². The number of carbonyl (C=O) groups excluding carboxylic acids is 2. The Morgan fingerprint density at radius 3 is 2.12 bits per heavy atom. The van der Waals surface area contributed by atoms with Crippen molar-refractivity contribution in [1.29, 1.82) is 0 Å². The van der Waals surface area contributed by atoms with Crippen molar-refractivity contribution >= 4 is 57.2 Å². The van der Waals surface area contributed by atoms with Crippen molar-refractivity contribution in [3.63, 3.8) is 0 Å². The van der Waals surface area contributed by atoms with Gasteiger partial charge in [0.1, 0.15) is 34.5 Å². The largest absolute Gasteiger partial charge is 0.497 e. The Bertz CT molecular complexity index is 3820. The number of imidazole rings is 2. The maximum absolute atomic E-state index is 14.4. The van der Waals surface area contributed by atoms with Crippen molar-refractivity contribution in [1.82, 2.24) is 33.1 Å². The molecular formula is C57H49ClN8O8. The molecule has 5 heterocycles. The molecule has 0 spiro atoms. The molecule has 1 N–H and O–H groups in total. The zero-order chi connectivity index (χ0) is 51.6. The maximum Gasteiger partial charge on any atom is 0.338 e. The number of nitrogens with zero attached hydrogens (tertiary/aromatic N) is 7. The highest BCUT2D eigenvalue weighted by atomic mass is 35.5. The molecule has 1 aliphatic heterocycles. The highest BCUT2D eigenvalue weighted by molar-refractivity contribution is 6.32. The third-order valence-corrected chi connectivity index (χ3v) is 12.8. The molecule has 0 unspecified atom stereocenters. The molecular weight excluding hydrogens is 960 g/mol. The van der Waals surface area contributed by atoms with Crippen LogP contribution in [0.1, 0.15) is 37.4 Å². The molecule has 74 heavy (non-hydrogen) atoms. The molecule has 2 amide bonds. The number of likely N-dealkylation sites (tertiary alicyclic amines) is 1. The molecule has 0 radical (unpaired) electrons. The fourth-order valence-electron chi connectivity index (χ4n) is 9.16. The second-order valence-electron chi connectivity index (χ2n) is 17.8. The molecule has 372 valence electrons. The number of hydrogen-bond acceptors (Lipinski definition) is 10. The van der Waals surface area contributed by atoms with Gasteiger partial charge in [-0.15, -0.1) is 0 Å². The number of anilines is 1. The van der Waals surface area contributed by atoms with E-state index in [0.717, 1.165) is 5.56 Å². The minimum Gasteiger partial charge on any atom is -0.497 e. The number of benzene rings is 5. The van der Waals surface area contributed by atoms with Crippen molar-refractivity contribution in [2.45, 2.75) is 39.3 Å². The third-order valence-electron chi connectivity index (χ3n) is 12.5. The lowest BCUT2D eigenvalue weighted by Gasteiger charge is -2.16. The molecule has 1 saturated heterocycles. The van der Waals surface area contributed by atoms with Crippen LogP contribution >= 0.6 is 11.6 Å². The van der Waals surface area contributed by atoms with Gasteiger partial charge in [0, 0.05) is 49.4 Å². The first-order valence-corrected chi connectivity index (χ1v) is 24.1. The maximum atomic E-state index is 14.4. The summed E-state index contributed by atoms with van der Waals surface area (Å²) in [5, 5.41) is 3.06. The van der Waals surface area contributed by atoms with Gasteiger partial charge >= 0.3 is 11.4 Å². The van der Waals surface area contributed by atoms with Crippen LogP contribution in [-0.2, 0) is 9.59 Å². The Labute approximate surface area is 429 Å². The summed E-state index contributed by atoms with van der Waals surface area (Å²) in [7, 11) is 1.58. The summed E-state index contributed by atoms with van der Waals surface area (Å²) in [6.45, 7) is 10.0. The van der Waals surface area contributed by atoms with E-state index in [0.29, 0.717) is 109 Å². The van der Waals surface area contributed by atoms with E-state index in [2.05, 4.69) is 21.9 Å². The summed E-state index contributed by atoms with van der Waals surface area (Å²) in [5.41, 5.74) is 5.49. The quantitative estimate of drug-likeness (QED) is 0.0977. The van der Waals surface area contributed by atoms with E-state index in [9.17, 15) is 19.2 Å². The van der Waals surface area contributed by atoms with Gasteiger partial charge < -0.3 is 29.2 Å². The van der Waals surface area contributed by atoms with Crippen molar-refractivity contribution in [3.05, 3.63) is 196 Å². The summed E-state index contributed by atoms with van der Waals surface area (Å²) in [6.07, 6.45) is 11.4. The number of halogens is 1. The van der Waals surface area contributed by atoms with Crippen LogP contribution in [0, 0.1) is 6.92 Å². The monoisotopic (exact) mass is 1010 g/mol. The van der Waals surface area contributed by atoms with Gasteiger partial charge in [0.2, 0.25) is 11.8 Å². The molecule has 5 aromatic carbocycles. The fourth-order valence-corrected chi connectivity index (χ4v) is 9.38. The molecule has 0 bridgehead atoms. The van der Waals surface area contributed by atoms with E-state index in [-0.39, 0.29) is 35.3 Å². The minimum atomic E-state index is -0.366. The predicted octanol–water partition coefficient (Wildman–Crippen LogP) is 10.6. The van der Waals surface area contributed by atoms with Gasteiger partial charge in [-0.05, 0) is 141 Å². The van der Waals surface area contributed by atoms with Gasteiger partial charge in [-0.2, -0.15) is 0 Å². The van der Waals surface area contributed by atoms with Crippen LogP contribution in [-0.4, -0.2) is 71.3 Å². The van der Waals surface area contributed by atoms with Crippen molar-refractivity contribution < 1.29 is 28.5 Å². The average molecular weight is 1010 g/mol. The summed E-state index contributed by atoms with van der Waals surface area (Å²) >= 11 is 6.75. The minimum absolute atomic E-state index is 0.144. The van der Waals surface area contributed by atoms with E-state index in [1.165, 1.54) is 12.2 Å². The lowest BCUT2D eigenvalue weighted by Crippen LogP contribution is -2.31. The lowest BCUT2D eigenvalue weighted by molar-refractivity contribution is -0.125. The zero-order valence-electron chi connectivity index (χ0n) is 40.8. The molecule has 1 fully saturated rings. The molecule has 1 atom stereocenters. The normalized spacial score (nSPS) is 13.5. The first-order valence-electron chi connectivity index (χ1n) is 23.7. The summed E-state index contributed by atoms with van der Waals surface area (Å²) in [6, 6.07) is 33.5. The van der Waals surface area contributed by atoms with Gasteiger partial charge in [-0.1, -0.05) is 30.3 Å². The van der Waals surface area contributed by atoms with Crippen LogP contribution in [0.4, 0.5) is 5.69 Å². The average Bonchev–Trinajstić information content (AvgIpc) is 4.08. The molecule has 4 aromatic heterocycles. The number of pyridine rings is 2. The topological polar surface area (TPSA) is 166 Å². The molecule has 10 rings (SSSR count). The van der Waals surface area contributed by atoms with E-state index >= 15 is 0 Å².